The Morgan fingerprint density at radius 1 is 1.11 bits per heavy atom. The van der Waals surface area contributed by atoms with Crippen molar-refractivity contribution in [3.63, 3.8) is 0 Å². The molecule has 19 heavy (non-hydrogen) atoms. The Labute approximate surface area is 109 Å². The van der Waals surface area contributed by atoms with E-state index >= 15 is 0 Å². The molecule has 5 heteroatoms. The summed E-state index contributed by atoms with van der Waals surface area (Å²) in [6.45, 7) is 1.63. The summed E-state index contributed by atoms with van der Waals surface area (Å²) in [6, 6.07) is 8.20. The number of ether oxygens (including phenoxy) is 1. The van der Waals surface area contributed by atoms with Crippen molar-refractivity contribution in [2.24, 2.45) is 5.73 Å². The number of hydrogen-bond acceptors (Lipinski definition) is 2. The van der Waals surface area contributed by atoms with Gasteiger partial charge in [0.05, 0.1) is 0 Å². The van der Waals surface area contributed by atoms with Gasteiger partial charge in [0.2, 0.25) is 0 Å². The largest absolute Gasteiger partial charge is 0.454 e. The van der Waals surface area contributed by atoms with E-state index in [0.717, 1.165) is 6.07 Å². The zero-order chi connectivity index (χ0) is 14.0. The van der Waals surface area contributed by atoms with E-state index in [1.54, 1.807) is 19.1 Å². The first-order valence-electron chi connectivity index (χ1n) is 5.55. The molecule has 2 rings (SSSR count). The zero-order valence-corrected chi connectivity index (χ0v) is 10.2. The standard InChI is InChI=1S/C14H12F2N2O/c1-8-2-4-10(7-11(8)15)19-13-5-3-9(14(17)18)6-12(13)16/h2-7H,1H3,(H3,17,18). The van der Waals surface area contributed by atoms with Gasteiger partial charge in [-0.15, -0.1) is 0 Å². The van der Waals surface area contributed by atoms with Crippen molar-refractivity contribution >= 4 is 5.84 Å². The first-order chi connectivity index (χ1) is 8.97. The van der Waals surface area contributed by atoms with Gasteiger partial charge in [-0.2, -0.15) is 0 Å². The maximum atomic E-state index is 13.7. The molecule has 2 aromatic rings. The van der Waals surface area contributed by atoms with Gasteiger partial charge in [0.25, 0.3) is 0 Å². The highest BCUT2D eigenvalue weighted by molar-refractivity contribution is 5.95. The number of benzene rings is 2. The predicted molar refractivity (Wildman–Crippen MR) is 68.6 cm³/mol. The Bertz CT molecular complexity index is 641. The molecule has 98 valence electrons. The average Bonchev–Trinajstić information content (AvgIpc) is 2.36. The van der Waals surface area contributed by atoms with Gasteiger partial charge in [-0.05, 0) is 36.8 Å². The molecule has 0 saturated carbocycles. The Morgan fingerprint density at radius 2 is 1.84 bits per heavy atom. The third kappa shape index (κ3) is 2.88. The van der Waals surface area contributed by atoms with Crippen molar-refractivity contribution in [2.45, 2.75) is 6.92 Å². The van der Waals surface area contributed by atoms with Gasteiger partial charge in [-0.25, -0.2) is 8.78 Å². The van der Waals surface area contributed by atoms with Crippen LogP contribution in [0.1, 0.15) is 11.1 Å². The van der Waals surface area contributed by atoms with Crippen LogP contribution in [0.4, 0.5) is 8.78 Å². The fourth-order valence-electron chi connectivity index (χ4n) is 1.52. The monoisotopic (exact) mass is 262 g/mol. The van der Waals surface area contributed by atoms with Gasteiger partial charge in [0.15, 0.2) is 11.6 Å². The lowest BCUT2D eigenvalue weighted by Crippen LogP contribution is -2.11. The normalized spacial score (nSPS) is 10.3. The second-order valence-corrected chi connectivity index (χ2v) is 4.07. The van der Waals surface area contributed by atoms with E-state index < -0.39 is 11.6 Å². The van der Waals surface area contributed by atoms with Crippen LogP contribution in [0.25, 0.3) is 0 Å². The quantitative estimate of drug-likeness (QED) is 0.658. The number of aryl methyl sites for hydroxylation is 1. The second kappa shape index (κ2) is 5.06. The van der Waals surface area contributed by atoms with E-state index in [4.69, 9.17) is 15.9 Å². The molecule has 0 atom stereocenters. The van der Waals surface area contributed by atoms with Crippen molar-refractivity contribution in [1.82, 2.24) is 0 Å². The van der Waals surface area contributed by atoms with Gasteiger partial charge >= 0.3 is 0 Å². The van der Waals surface area contributed by atoms with Crippen LogP contribution in [0.15, 0.2) is 36.4 Å². The van der Waals surface area contributed by atoms with Crippen LogP contribution >= 0.6 is 0 Å². The highest BCUT2D eigenvalue weighted by Gasteiger charge is 2.08. The van der Waals surface area contributed by atoms with Gasteiger partial charge in [-0.3, -0.25) is 5.41 Å². The summed E-state index contributed by atoms with van der Waals surface area (Å²) in [5.41, 5.74) is 6.00. The minimum absolute atomic E-state index is 0.0479. The van der Waals surface area contributed by atoms with E-state index in [0.29, 0.717) is 5.56 Å². The molecule has 3 nitrogen and oxygen atoms in total. The molecule has 0 bridgehead atoms. The fourth-order valence-corrected chi connectivity index (χ4v) is 1.52. The van der Waals surface area contributed by atoms with E-state index in [-0.39, 0.29) is 22.9 Å². The number of halogens is 2. The first kappa shape index (κ1) is 13.0. The van der Waals surface area contributed by atoms with Crippen LogP contribution in [0.5, 0.6) is 11.5 Å². The topological polar surface area (TPSA) is 59.1 Å². The molecular weight excluding hydrogens is 250 g/mol. The van der Waals surface area contributed by atoms with Crippen molar-refractivity contribution < 1.29 is 13.5 Å². The molecule has 0 aliphatic carbocycles. The molecule has 0 heterocycles. The maximum Gasteiger partial charge on any atom is 0.166 e. The van der Waals surface area contributed by atoms with E-state index in [2.05, 4.69) is 0 Å². The van der Waals surface area contributed by atoms with Crippen LogP contribution in [-0.2, 0) is 0 Å². The molecule has 0 amide bonds. The van der Waals surface area contributed by atoms with Crippen LogP contribution in [0.3, 0.4) is 0 Å². The van der Waals surface area contributed by atoms with E-state index in [1.165, 1.54) is 18.2 Å². The van der Waals surface area contributed by atoms with E-state index in [9.17, 15) is 8.78 Å². The Balaban J connectivity index is 2.28. The lowest BCUT2D eigenvalue weighted by Gasteiger charge is -2.08. The average molecular weight is 262 g/mol. The van der Waals surface area contributed by atoms with Gasteiger partial charge in [0, 0.05) is 11.6 Å². The van der Waals surface area contributed by atoms with Crippen LogP contribution < -0.4 is 10.5 Å². The van der Waals surface area contributed by atoms with Crippen LogP contribution in [0, 0.1) is 24.0 Å². The third-order valence-corrected chi connectivity index (χ3v) is 2.61. The predicted octanol–water partition coefficient (Wildman–Crippen LogP) is 3.35. The summed E-state index contributed by atoms with van der Waals surface area (Å²) in [6.07, 6.45) is 0. The Kier molecular flexibility index (Phi) is 3.46. The summed E-state index contributed by atoms with van der Waals surface area (Å²) in [5.74, 6) is -1.15. The lowest BCUT2D eigenvalue weighted by atomic mass is 10.2. The minimum atomic E-state index is -0.659. The maximum absolute atomic E-state index is 13.7. The van der Waals surface area contributed by atoms with Crippen molar-refractivity contribution in [3.05, 3.63) is 59.2 Å². The number of rotatable bonds is 3. The molecule has 0 saturated heterocycles. The first-order valence-corrected chi connectivity index (χ1v) is 5.55. The number of nitrogens with two attached hydrogens (primary N) is 1. The number of amidine groups is 1. The molecule has 0 aliphatic rings. The van der Waals surface area contributed by atoms with Crippen LogP contribution in [0.2, 0.25) is 0 Å². The highest BCUT2D eigenvalue weighted by Crippen LogP contribution is 2.26. The van der Waals surface area contributed by atoms with Crippen molar-refractivity contribution in [3.8, 4) is 11.5 Å². The van der Waals surface area contributed by atoms with Crippen LogP contribution in [-0.4, -0.2) is 5.84 Å². The molecule has 0 unspecified atom stereocenters. The SMILES string of the molecule is Cc1ccc(Oc2ccc(C(=N)N)cc2F)cc1F. The second-order valence-electron chi connectivity index (χ2n) is 4.07. The summed E-state index contributed by atoms with van der Waals surface area (Å²) in [5, 5.41) is 7.20. The highest BCUT2D eigenvalue weighted by atomic mass is 19.1. The van der Waals surface area contributed by atoms with Gasteiger partial charge in [0.1, 0.15) is 17.4 Å². The van der Waals surface area contributed by atoms with E-state index in [1.807, 2.05) is 0 Å². The number of nitrogens with one attached hydrogen (secondary N) is 1. The molecule has 0 aromatic heterocycles. The summed E-state index contributed by atoms with van der Waals surface area (Å²) >= 11 is 0. The number of nitrogen functional groups attached to an aromatic ring is 1. The fraction of sp³-hybridized carbons (Fsp3) is 0.0714. The zero-order valence-electron chi connectivity index (χ0n) is 10.2. The van der Waals surface area contributed by atoms with Crippen molar-refractivity contribution in [1.29, 1.82) is 5.41 Å². The summed E-state index contributed by atoms with van der Waals surface area (Å²) in [4.78, 5) is 0. The number of hydrogen-bond donors (Lipinski definition) is 2. The Morgan fingerprint density at radius 3 is 2.42 bits per heavy atom. The molecule has 0 fully saturated rings. The Hall–Kier alpha value is -2.43. The smallest absolute Gasteiger partial charge is 0.166 e. The van der Waals surface area contributed by atoms with Gasteiger partial charge < -0.3 is 10.5 Å². The van der Waals surface area contributed by atoms with Gasteiger partial charge in [-0.1, -0.05) is 6.07 Å². The third-order valence-electron chi connectivity index (χ3n) is 2.61. The molecule has 0 aliphatic heterocycles. The summed E-state index contributed by atoms with van der Waals surface area (Å²) < 4.78 is 32.3. The van der Waals surface area contributed by atoms with Crippen molar-refractivity contribution in [2.75, 3.05) is 0 Å². The molecular formula is C14H12F2N2O. The molecule has 2 aromatic carbocycles. The molecule has 3 N–H and O–H groups in total. The molecule has 0 radical (unpaired) electrons. The lowest BCUT2D eigenvalue weighted by molar-refractivity contribution is 0.438. The molecule has 0 spiro atoms. The minimum Gasteiger partial charge on any atom is -0.454 e. The summed E-state index contributed by atoms with van der Waals surface area (Å²) in [7, 11) is 0.